The summed E-state index contributed by atoms with van der Waals surface area (Å²) in [5.74, 6) is 1.35. The largest absolute Gasteiger partial charge is 0.396 e. The normalized spacial score (nSPS) is 10.9. The Morgan fingerprint density at radius 2 is 2.00 bits per heavy atom. The summed E-state index contributed by atoms with van der Waals surface area (Å²) < 4.78 is 4.08. The van der Waals surface area contributed by atoms with Crippen LogP contribution < -0.4 is 5.56 Å². The van der Waals surface area contributed by atoms with Gasteiger partial charge in [-0.05, 0) is 28.1 Å². The van der Waals surface area contributed by atoms with Crippen molar-refractivity contribution >= 4 is 27.7 Å². The number of thioether (sulfide) groups is 1. The summed E-state index contributed by atoms with van der Waals surface area (Å²) >= 11 is 4.97. The number of aliphatic hydroxyl groups excluding tert-OH is 1. The fourth-order valence-electron chi connectivity index (χ4n) is 1.87. The van der Waals surface area contributed by atoms with Crippen molar-refractivity contribution in [3.63, 3.8) is 0 Å². The number of hydrogen-bond acceptors (Lipinski definition) is 3. The molecule has 1 aromatic carbocycles. The number of halogens is 1. The molecule has 2 aromatic rings. The molecule has 0 unspecified atom stereocenters. The molecule has 0 amide bonds. The molecule has 2 rings (SSSR count). The molecule has 1 N–H and O–H groups in total. The number of aromatic nitrogens is 2. The molecular weight excluding hydrogens is 328 g/mol. The summed E-state index contributed by atoms with van der Waals surface area (Å²) in [6.07, 6.45) is 0. The Morgan fingerprint density at radius 1 is 1.32 bits per heavy atom. The van der Waals surface area contributed by atoms with Gasteiger partial charge in [0.2, 0.25) is 0 Å². The van der Waals surface area contributed by atoms with Crippen molar-refractivity contribution in [1.29, 1.82) is 0 Å². The van der Waals surface area contributed by atoms with E-state index in [1.54, 1.807) is 16.4 Å². The Bertz CT molecular complexity index is 607. The molecule has 0 aliphatic carbocycles. The van der Waals surface area contributed by atoms with E-state index in [9.17, 15) is 4.79 Å². The van der Waals surface area contributed by atoms with E-state index in [4.69, 9.17) is 5.11 Å². The molecule has 1 heterocycles. The standard InChI is InChI=1S/C13H15BrN2O2S/c1-15-11(9-19-8-7-17)12(14)13(18)16(15)10-5-3-2-4-6-10/h2-6,17H,7-9H2,1H3. The zero-order chi connectivity index (χ0) is 13.8. The second-order valence-electron chi connectivity index (χ2n) is 4.01. The average molecular weight is 343 g/mol. The number of para-hydroxylation sites is 1. The van der Waals surface area contributed by atoms with Gasteiger partial charge in [-0.15, -0.1) is 0 Å². The third kappa shape index (κ3) is 2.96. The predicted octanol–water partition coefficient (Wildman–Crippen LogP) is 2.16. The van der Waals surface area contributed by atoms with Gasteiger partial charge in [0.15, 0.2) is 0 Å². The first kappa shape index (κ1) is 14.4. The van der Waals surface area contributed by atoms with Crippen LogP contribution in [-0.4, -0.2) is 26.8 Å². The first-order valence-electron chi connectivity index (χ1n) is 5.87. The van der Waals surface area contributed by atoms with E-state index in [0.29, 0.717) is 16.0 Å². The summed E-state index contributed by atoms with van der Waals surface area (Å²) in [6.45, 7) is 0.148. The zero-order valence-electron chi connectivity index (χ0n) is 10.5. The predicted molar refractivity (Wildman–Crippen MR) is 82.0 cm³/mol. The molecule has 0 radical (unpaired) electrons. The van der Waals surface area contributed by atoms with E-state index in [-0.39, 0.29) is 12.2 Å². The SMILES string of the molecule is Cn1c(CSCCO)c(Br)c(=O)n1-c1ccccc1. The van der Waals surface area contributed by atoms with E-state index >= 15 is 0 Å². The van der Waals surface area contributed by atoms with Crippen LogP contribution in [0, 0.1) is 0 Å². The smallest absolute Gasteiger partial charge is 0.286 e. The van der Waals surface area contributed by atoms with Crippen molar-refractivity contribution in [3.05, 3.63) is 50.9 Å². The highest BCUT2D eigenvalue weighted by molar-refractivity contribution is 9.10. The number of benzene rings is 1. The summed E-state index contributed by atoms with van der Waals surface area (Å²) in [7, 11) is 1.87. The van der Waals surface area contributed by atoms with Crippen LogP contribution in [0.2, 0.25) is 0 Å². The Balaban J connectivity index is 2.41. The van der Waals surface area contributed by atoms with Crippen molar-refractivity contribution in [2.24, 2.45) is 7.05 Å². The molecule has 0 fully saturated rings. The molecule has 0 spiro atoms. The highest BCUT2D eigenvalue weighted by Gasteiger charge is 2.16. The van der Waals surface area contributed by atoms with E-state index in [2.05, 4.69) is 15.9 Å². The van der Waals surface area contributed by atoms with Crippen LogP contribution in [0.15, 0.2) is 39.6 Å². The fraction of sp³-hybridized carbons (Fsp3) is 0.308. The van der Waals surface area contributed by atoms with Crippen molar-refractivity contribution in [2.75, 3.05) is 12.4 Å². The van der Waals surface area contributed by atoms with E-state index < -0.39 is 0 Å². The van der Waals surface area contributed by atoms with Gasteiger partial charge in [-0.3, -0.25) is 9.48 Å². The maximum absolute atomic E-state index is 12.3. The summed E-state index contributed by atoms with van der Waals surface area (Å²) in [5.41, 5.74) is 1.70. The molecule has 0 aliphatic rings. The van der Waals surface area contributed by atoms with E-state index in [0.717, 1.165) is 11.4 Å². The molecule has 0 saturated carbocycles. The molecule has 102 valence electrons. The Kier molecular flexibility index (Phi) is 4.90. The van der Waals surface area contributed by atoms with Gasteiger partial charge in [0.1, 0.15) is 4.47 Å². The van der Waals surface area contributed by atoms with Crippen LogP contribution in [0.4, 0.5) is 0 Å². The van der Waals surface area contributed by atoms with Gasteiger partial charge in [-0.1, -0.05) is 18.2 Å². The van der Waals surface area contributed by atoms with Crippen LogP contribution in [-0.2, 0) is 12.8 Å². The molecule has 0 aliphatic heterocycles. The number of rotatable bonds is 5. The van der Waals surface area contributed by atoms with Crippen LogP contribution in [0.3, 0.4) is 0 Å². The van der Waals surface area contributed by atoms with Gasteiger partial charge in [-0.2, -0.15) is 11.8 Å². The maximum atomic E-state index is 12.3. The van der Waals surface area contributed by atoms with Crippen LogP contribution in [0.25, 0.3) is 5.69 Å². The molecule has 0 bridgehead atoms. The van der Waals surface area contributed by atoms with Crippen molar-refractivity contribution in [2.45, 2.75) is 5.75 Å². The minimum Gasteiger partial charge on any atom is -0.396 e. The maximum Gasteiger partial charge on any atom is 0.286 e. The first-order valence-corrected chi connectivity index (χ1v) is 7.82. The highest BCUT2D eigenvalue weighted by atomic mass is 79.9. The van der Waals surface area contributed by atoms with Gasteiger partial charge < -0.3 is 5.11 Å². The van der Waals surface area contributed by atoms with Gasteiger partial charge in [0.05, 0.1) is 18.0 Å². The second-order valence-corrected chi connectivity index (χ2v) is 5.91. The Hall–Kier alpha value is -0.980. The van der Waals surface area contributed by atoms with Gasteiger partial charge in [0.25, 0.3) is 5.56 Å². The molecular formula is C13H15BrN2O2S. The topological polar surface area (TPSA) is 47.2 Å². The lowest BCUT2D eigenvalue weighted by atomic mass is 10.3. The zero-order valence-corrected chi connectivity index (χ0v) is 12.9. The summed E-state index contributed by atoms with van der Waals surface area (Å²) in [5, 5.41) is 8.81. The molecule has 0 atom stereocenters. The Morgan fingerprint density at radius 3 is 2.63 bits per heavy atom. The lowest BCUT2D eigenvalue weighted by molar-refractivity contribution is 0.322. The van der Waals surface area contributed by atoms with Crippen LogP contribution in [0.1, 0.15) is 5.69 Å². The average Bonchev–Trinajstić information content (AvgIpc) is 2.64. The minimum absolute atomic E-state index is 0.0618. The quantitative estimate of drug-likeness (QED) is 0.847. The molecule has 6 heteroatoms. The Labute approximate surface area is 124 Å². The minimum atomic E-state index is -0.0618. The first-order chi connectivity index (χ1) is 9.16. The third-order valence-corrected chi connectivity index (χ3v) is 4.54. The van der Waals surface area contributed by atoms with Crippen molar-refractivity contribution in [1.82, 2.24) is 9.36 Å². The monoisotopic (exact) mass is 342 g/mol. The lowest BCUT2D eigenvalue weighted by Gasteiger charge is -2.09. The molecule has 4 nitrogen and oxygen atoms in total. The summed E-state index contributed by atoms with van der Waals surface area (Å²) in [4.78, 5) is 12.3. The van der Waals surface area contributed by atoms with Gasteiger partial charge in [-0.25, -0.2) is 4.68 Å². The number of aliphatic hydroxyl groups is 1. The molecule has 1 aromatic heterocycles. The van der Waals surface area contributed by atoms with E-state index in [1.165, 1.54) is 0 Å². The van der Waals surface area contributed by atoms with Crippen molar-refractivity contribution in [3.8, 4) is 5.69 Å². The van der Waals surface area contributed by atoms with Gasteiger partial charge >= 0.3 is 0 Å². The third-order valence-electron chi connectivity index (χ3n) is 2.80. The van der Waals surface area contributed by atoms with Crippen molar-refractivity contribution < 1.29 is 5.11 Å². The molecule has 0 saturated heterocycles. The lowest BCUT2D eigenvalue weighted by Crippen LogP contribution is -2.19. The van der Waals surface area contributed by atoms with E-state index in [1.807, 2.05) is 42.1 Å². The van der Waals surface area contributed by atoms with Crippen LogP contribution >= 0.6 is 27.7 Å². The second kappa shape index (κ2) is 6.45. The molecule has 19 heavy (non-hydrogen) atoms. The van der Waals surface area contributed by atoms with Gasteiger partial charge in [0, 0.05) is 18.6 Å². The fourth-order valence-corrected chi connectivity index (χ4v) is 3.41. The van der Waals surface area contributed by atoms with Crippen LogP contribution in [0.5, 0.6) is 0 Å². The summed E-state index contributed by atoms with van der Waals surface area (Å²) in [6, 6.07) is 9.53. The number of hydrogen-bond donors (Lipinski definition) is 1. The number of nitrogens with zero attached hydrogens (tertiary/aromatic N) is 2. The highest BCUT2D eigenvalue weighted by Crippen LogP contribution is 2.20.